The molecule has 13 heavy (non-hydrogen) atoms. The van der Waals surface area contributed by atoms with E-state index in [0.29, 0.717) is 5.92 Å². The molecule has 72 valence electrons. The highest BCUT2D eigenvalue weighted by Crippen LogP contribution is 2.29. The minimum Gasteiger partial charge on any atom is -0.504 e. The van der Waals surface area contributed by atoms with E-state index in [4.69, 9.17) is 0 Å². The first-order chi connectivity index (χ1) is 6.11. The predicted molar refractivity (Wildman–Crippen MR) is 52.9 cm³/mol. The number of rotatable bonds is 3. The highest BCUT2D eigenvalue weighted by Gasteiger charge is 2.05. The number of aromatic hydroxyl groups is 2. The van der Waals surface area contributed by atoms with Gasteiger partial charge in [-0.15, -0.1) is 0 Å². The average molecular weight is 180 g/mol. The molecule has 0 atom stereocenters. The van der Waals surface area contributed by atoms with E-state index in [1.54, 1.807) is 6.07 Å². The molecule has 0 bridgehead atoms. The second kappa shape index (κ2) is 4.17. The molecule has 2 nitrogen and oxygen atoms in total. The molecular formula is C11H16O2. The molecule has 0 unspecified atom stereocenters. The number of aryl methyl sites for hydroxylation is 1. The average Bonchev–Trinajstić information content (AvgIpc) is 2.07. The molecular weight excluding hydrogens is 164 g/mol. The lowest BCUT2D eigenvalue weighted by molar-refractivity contribution is 0.397. The summed E-state index contributed by atoms with van der Waals surface area (Å²) >= 11 is 0. The summed E-state index contributed by atoms with van der Waals surface area (Å²) in [7, 11) is 0. The van der Waals surface area contributed by atoms with Crippen LogP contribution in [0.25, 0.3) is 0 Å². The molecule has 1 aromatic carbocycles. The Morgan fingerprint density at radius 3 is 2.54 bits per heavy atom. The fourth-order valence-electron chi connectivity index (χ4n) is 1.22. The van der Waals surface area contributed by atoms with Gasteiger partial charge in [0.1, 0.15) is 0 Å². The molecule has 0 fully saturated rings. The standard InChI is InChI=1S/C11H16O2/c1-8(2)6-7-9-4-3-5-10(12)11(9)13/h3-5,8,12-13H,6-7H2,1-2H3. The first kappa shape index (κ1) is 9.90. The lowest BCUT2D eigenvalue weighted by atomic mass is 10.0. The molecule has 0 spiro atoms. The molecule has 0 radical (unpaired) electrons. The highest BCUT2D eigenvalue weighted by atomic mass is 16.3. The zero-order valence-corrected chi connectivity index (χ0v) is 8.12. The van der Waals surface area contributed by atoms with Crippen LogP contribution in [0.2, 0.25) is 0 Å². The maximum absolute atomic E-state index is 9.46. The van der Waals surface area contributed by atoms with Gasteiger partial charge in [0.15, 0.2) is 11.5 Å². The molecule has 0 saturated carbocycles. The van der Waals surface area contributed by atoms with Crippen molar-refractivity contribution in [2.24, 2.45) is 5.92 Å². The third-order valence-electron chi connectivity index (χ3n) is 2.09. The van der Waals surface area contributed by atoms with E-state index in [1.165, 1.54) is 6.07 Å². The topological polar surface area (TPSA) is 40.5 Å². The van der Waals surface area contributed by atoms with Gasteiger partial charge in [0, 0.05) is 0 Å². The maximum Gasteiger partial charge on any atom is 0.160 e. The molecule has 1 rings (SSSR count). The van der Waals surface area contributed by atoms with Gasteiger partial charge in [-0.1, -0.05) is 26.0 Å². The fraction of sp³-hybridized carbons (Fsp3) is 0.455. The minimum absolute atomic E-state index is 0.0266. The summed E-state index contributed by atoms with van der Waals surface area (Å²) in [6, 6.07) is 5.09. The Balaban J connectivity index is 2.71. The molecule has 0 aliphatic carbocycles. The van der Waals surface area contributed by atoms with Crippen molar-refractivity contribution >= 4 is 0 Å². The van der Waals surface area contributed by atoms with Crippen LogP contribution >= 0.6 is 0 Å². The summed E-state index contributed by atoms with van der Waals surface area (Å²) in [5.74, 6) is 0.617. The van der Waals surface area contributed by atoms with Gasteiger partial charge in [-0.25, -0.2) is 0 Å². The second-order valence-electron chi connectivity index (χ2n) is 3.72. The van der Waals surface area contributed by atoms with E-state index in [9.17, 15) is 10.2 Å². The number of hydrogen-bond donors (Lipinski definition) is 2. The third-order valence-corrected chi connectivity index (χ3v) is 2.09. The van der Waals surface area contributed by atoms with Gasteiger partial charge in [0.2, 0.25) is 0 Å². The van der Waals surface area contributed by atoms with Gasteiger partial charge in [-0.05, 0) is 30.4 Å². The highest BCUT2D eigenvalue weighted by molar-refractivity contribution is 5.44. The quantitative estimate of drug-likeness (QED) is 0.702. The minimum atomic E-state index is -0.0266. The summed E-state index contributed by atoms with van der Waals surface area (Å²) in [6.45, 7) is 4.28. The molecule has 0 aromatic heterocycles. The fourth-order valence-corrected chi connectivity index (χ4v) is 1.22. The van der Waals surface area contributed by atoms with E-state index < -0.39 is 0 Å². The summed E-state index contributed by atoms with van der Waals surface area (Å²) in [6.07, 6.45) is 1.84. The van der Waals surface area contributed by atoms with Gasteiger partial charge < -0.3 is 10.2 Å². The summed E-state index contributed by atoms with van der Waals surface area (Å²) in [5, 5.41) is 18.7. The van der Waals surface area contributed by atoms with E-state index in [1.807, 2.05) is 6.07 Å². The molecule has 0 aliphatic rings. The summed E-state index contributed by atoms with van der Waals surface area (Å²) < 4.78 is 0. The van der Waals surface area contributed by atoms with Crippen molar-refractivity contribution in [2.75, 3.05) is 0 Å². The largest absolute Gasteiger partial charge is 0.504 e. The molecule has 0 saturated heterocycles. The molecule has 0 aliphatic heterocycles. The SMILES string of the molecule is CC(C)CCc1cccc(O)c1O. The summed E-state index contributed by atoms with van der Waals surface area (Å²) in [5.41, 5.74) is 0.828. The van der Waals surface area contributed by atoms with Gasteiger partial charge >= 0.3 is 0 Å². The monoisotopic (exact) mass is 180 g/mol. The molecule has 2 heteroatoms. The van der Waals surface area contributed by atoms with Crippen LogP contribution in [0.15, 0.2) is 18.2 Å². The van der Waals surface area contributed by atoms with Crippen LogP contribution in [0.5, 0.6) is 11.5 Å². The Bertz CT molecular complexity index is 279. The van der Waals surface area contributed by atoms with Crippen LogP contribution in [0.1, 0.15) is 25.8 Å². The second-order valence-corrected chi connectivity index (χ2v) is 3.72. The van der Waals surface area contributed by atoms with Crippen LogP contribution in [0, 0.1) is 5.92 Å². The van der Waals surface area contributed by atoms with Gasteiger partial charge in [0.25, 0.3) is 0 Å². The Morgan fingerprint density at radius 1 is 1.23 bits per heavy atom. The van der Waals surface area contributed by atoms with Crippen LogP contribution in [0.4, 0.5) is 0 Å². The molecule has 1 aromatic rings. The Labute approximate surface area is 78.8 Å². The Morgan fingerprint density at radius 2 is 1.92 bits per heavy atom. The Hall–Kier alpha value is -1.18. The smallest absolute Gasteiger partial charge is 0.160 e. The third kappa shape index (κ3) is 2.65. The lowest BCUT2D eigenvalue weighted by Crippen LogP contribution is -1.92. The van der Waals surface area contributed by atoms with Gasteiger partial charge in [0.05, 0.1) is 0 Å². The normalized spacial score (nSPS) is 10.7. The number of phenolic OH excluding ortho intramolecular Hbond substituents is 2. The van der Waals surface area contributed by atoms with Crippen molar-refractivity contribution < 1.29 is 10.2 Å². The first-order valence-electron chi connectivity index (χ1n) is 4.61. The lowest BCUT2D eigenvalue weighted by Gasteiger charge is -2.07. The number of benzene rings is 1. The van der Waals surface area contributed by atoms with E-state index in [-0.39, 0.29) is 11.5 Å². The van der Waals surface area contributed by atoms with E-state index >= 15 is 0 Å². The molecule has 2 N–H and O–H groups in total. The van der Waals surface area contributed by atoms with Crippen LogP contribution in [0.3, 0.4) is 0 Å². The zero-order valence-electron chi connectivity index (χ0n) is 8.12. The van der Waals surface area contributed by atoms with Gasteiger partial charge in [-0.3, -0.25) is 0 Å². The zero-order chi connectivity index (χ0) is 9.84. The predicted octanol–water partition coefficient (Wildman–Crippen LogP) is 2.69. The first-order valence-corrected chi connectivity index (χ1v) is 4.61. The van der Waals surface area contributed by atoms with Crippen LogP contribution < -0.4 is 0 Å². The van der Waals surface area contributed by atoms with Crippen LogP contribution in [-0.2, 0) is 6.42 Å². The summed E-state index contributed by atoms with van der Waals surface area (Å²) in [4.78, 5) is 0. The van der Waals surface area contributed by atoms with Crippen molar-refractivity contribution in [3.63, 3.8) is 0 Å². The van der Waals surface area contributed by atoms with E-state index in [0.717, 1.165) is 18.4 Å². The molecule has 0 amide bonds. The van der Waals surface area contributed by atoms with Crippen molar-refractivity contribution in [2.45, 2.75) is 26.7 Å². The van der Waals surface area contributed by atoms with Crippen molar-refractivity contribution in [1.82, 2.24) is 0 Å². The van der Waals surface area contributed by atoms with Crippen LogP contribution in [-0.4, -0.2) is 10.2 Å². The number of phenols is 2. The van der Waals surface area contributed by atoms with Crippen molar-refractivity contribution in [3.8, 4) is 11.5 Å². The van der Waals surface area contributed by atoms with Crippen molar-refractivity contribution in [1.29, 1.82) is 0 Å². The maximum atomic E-state index is 9.46. The van der Waals surface area contributed by atoms with Crippen molar-refractivity contribution in [3.05, 3.63) is 23.8 Å². The Kier molecular flexibility index (Phi) is 3.18. The van der Waals surface area contributed by atoms with Gasteiger partial charge in [-0.2, -0.15) is 0 Å². The number of para-hydroxylation sites is 1. The van der Waals surface area contributed by atoms with E-state index in [2.05, 4.69) is 13.8 Å². The number of hydrogen-bond acceptors (Lipinski definition) is 2. The molecule has 0 heterocycles.